The van der Waals surface area contributed by atoms with Gasteiger partial charge in [0.2, 0.25) is 0 Å². The smallest absolute Gasteiger partial charge is 0.187 e. The predicted molar refractivity (Wildman–Crippen MR) is 81.3 cm³/mol. The summed E-state index contributed by atoms with van der Waals surface area (Å²) in [6, 6.07) is 12.1. The molecule has 0 bridgehead atoms. The highest BCUT2D eigenvalue weighted by molar-refractivity contribution is 6.42. The number of carbonyl (C=O) groups is 1. The van der Waals surface area contributed by atoms with Gasteiger partial charge in [-0.25, -0.2) is 0 Å². The number of hydrogen-bond donors (Lipinski definition) is 0. The molecule has 0 N–H and O–H groups in total. The van der Waals surface area contributed by atoms with E-state index in [-0.39, 0.29) is 5.78 Å². The van der Waals surface area contributed by atoms with Gasteiger partial charge in [-0.2, -0.15) is 0 Å². The Morgan fingerprint density at radius 1 is 0.895 bits per heavy atom. The highest BCUT2D eigenvalue weighted by Crippen LogP contribution is 2.23. The minimum Gasteiger partial charge on any atom is -0.289 e. The fourth-order valence-electron chi connectivity index (χ4n) is 1.54. The molecule has 0 fully saturated rings. The third-order valence-electron chi connectivity index (χ3n) is 2.51. The third kappa shape index (κ3) is 3.60. The Morgan fingerprint density at radius 3 is 2.32 bits per heavy atom. The van der Waals surface area contributed by atoms with E-state index in [1.54, 1.807) is 48.5 Å². The number of ketones is 1. The molecule has 2 aromatic rings. The van der Waals surface area contributed by atoms with Crippen LogP contribution in [-0.4, -0.2) is 5.78 Å². The van der Waals surface area contributed by atoms with Crippen LogP contribution in [0.1, 0.15) is 15.9 Å². The van der Waals surface area contributed by atoms with Gasteiger partial charge in [0.1, 0.15) is 0 Å². The van der Waals surface area contributed by atoms with Crippen molar-refractivity contribution in [3.8, 4) is 0 Å². The first-order valence-corrected chi connectivity index (χ1v) is 6.63. The van der Waals surface area contributed by atoms with Gasteiger partial charge >= 0.3 is 0 Å². The fourth-order valence-corrected chi connectivity index (χ4v) is 2.07. The molecule has 4 heteroatoms. The van der Waals surface area contributed by atoms with Crippen molar-refractivity contribution in [3.63, 3.8) is 0 Å². The van der Waals surface area contributed by atoms with Crippen molar-refractivity contribution < 1.29 is 4.79 Å². The molecule has 0 aliphatic heterocycles. The lowest BCUT2D eigenvalue weighted by Gasteiger charge is -1.99. The maximum absolute atomic E-state index is 12.0. The maximum Gasteiger partial charge on any atom is 0.187 e. The van der Waals surface area contributed by atoms with Crippen LogP contribution in [0.3, 0.4) is 0 Å². The zero-order valence-electron chi connectivity index (χ0n) is 9.74. The lowest BCUT2D eigenvalue weighted by atomic mass is 10.1. The Morgan fingerprint density at radius 2 is 1.63 bits per heavy atom. The monoisotopic (exact) mass is 310 g/mol. The first kappa shape index (κ1) is 14.1. The van der Waals surface area contributed by atoms with Gasteiger partial charge in [0.25, 0.3) is 0 Å². The van der Waals surface area contributed by atoms with Gasteiger partial charge in [-0.1, -0.05) is 59.1 Å². The van der Waals surface area contributed by atoms with Gasteiger partial charge in [-0.15, -0.1) is 0 Å². The Bertz CT molecular complexity index is 648. The van der Waals surface area contributed by atoms with Crippen molar-refractivity contribution in [2.24, 2.45) is 0 Å². The van der Waals surface area contributed by atoms with Gasteiger partial charge in [0, 0.05) is 5.56 Å². The van der Waals surface area contributed by atoms with Crippen LogP contribution in [0.25, 0.3) is 6.08 Å². The van der Waals surface area contributed by atoms with Gasteiger partial charge in [-0.05, 0) is 35.9 Å². The number of halogens is 3. The van der Waals surface area contributed by atoms with E-state index in [9.17, 15) is 4.79 Å². The van der Waals surface area contributed by atoms with Crippen LogP contribution in [0.2, 0.25) is 15.1 Å². The largest absolute Gasteiger partial charge is 0.289 e. The molecule has 1 nitrogen and oxygen atoms in total. The van der Waals surface area contributed by atoms with E-state index in [4.69, 9.17) is 34.8 Å². The summed E-state index contributed by atoms with van der Waals surface area (Å²) in [6.07, 6.45) is 3.13. The molecule has 0 radical (unpaired) electrons. The van der Waals surface area contributed by atoms with Gasteiger partial charge in [-0.3, -0.25) is 4.79 Å². The van der Waals surface area contributed by atoms with Crippen LogP contribution in [-0.2, 0) is 0 Å². The Hall–Kier alpha value is -1.28. The molecule has 0 atom stereocenters. The summed E-state index contributed by atoms with van der Waals surface area (Å²) < 4.78 is 0. The lowest BCUT2D eigenvalue weighted by Crippen LogP contribution is -1.94. The van der Waals surface area contributed by atoms with Crippen LogP contribution in [0.15, 0.2) is 48.5 Å². The second-order valence-corrected chi connectivity index (χ2v) is 5.07. The lowest BCUT2D eigenvalue weighted by molar-refractivity contribution is 0.104. The normalized spacial score (nSPS) is 10.9. The van der Waals surface area contributed by atoms with Crippen LogP contribution >= 0.6 is 34.8 Å². The average Bonchev–Trinajstić information content (AvgIpc) is 2.40. The maximum atomic E-state index is 12.0. The van der Waals surface area contributed by atoms with Gasteiger partial charge in [0.15, 0.2) is 5.78 Å². The zero-order chi connectivity index (χ0) is 13.8. The highest BCUT2D eigenvalue weighted by Gasteiger charge is 2.05. The second-order valence-electron chi connectivity index (χ2n) is 3.85. The van der Waals surface area contributed by atoms with E-state index < -0.39 is 0 Å². The number of carbonyl (C=O) groups excluding carboxylic acids is 1. The van der Waals surface area contributed by atoms with Crippen LogP contribution in [0.4, 0.5) is 0 Å². The molecule has 2 rings (SSSR count). The van der Waals surface area contributed by atoms with E-state index in [1.165, 1.54) is 6.08 Å². The molecule has 0 saturated carbocycles. The summed E-state index contributed by atoms with van der Waals surface area (Å²) in [7, 11) is 0. The predicted octanol–water partition coefficient (Wildman–Crippen LogP) is 5.54. The summed E-state index contributed by atoms with van der Waals surface area (Å²) in [5.74, 6) is -0.156. The minimum absolute atomic E-state index is 0.156. The van der Waals surface area contributed by atoms with Crippen molar-refractivity contribution in [2.45, 2.75) is 0 Å². The number of allylic oxidation sites excluding steroid dienone is 1. The minimum atomic E-state index is -0.156. The molecule has 0 saturated heterocycles. The molecule has 2 aromatic carbocycles. The molecule has 0 amide bonds. The molecule has 0 aromatic heterocycles. The van der Waals surface area contributed by atoms with Crippen LogP contribution < -0.4 is 0 Å². The van der Waals surface area contributed by atoms with E-state index in [0.717, 1.165) is 5.56 Å². The van der Waals surface area contributed by atoms with E-state index in [2.05, 4.69) is 0 Å². The van der Waals surface area contributed by atoms with E-state index in [1.807, 2.05) is 0 Å². The Kier molecular flexibility index (Phi) is 4.65. The standard InChI is InChI=1S/C15H9Cl3O/c16-12-4-2-1-3-11(12)15(19)8-6-10-5-7-13(17)14(18)9-10/h1-9H/b8-6-. The summed E-state index contributed by atoms with van der Waals surface area (Å²) in [4.78, 5) is 12.0. The molecule has 0 heterocycles. The first-order valence-electron chi connectivity index (χ1n) is 5.50. The summed E-state index contributed by atoms with van der Waals surface area (Å²) in [5, 5.41) is 1.37. The van der Waals surface area contributed by atoms with Crippen molar-refractivity contribution in [1.82, 2.24) is 0 Å². The van der Waals surface area contributed by atoms with Crippen LogP contribution in [0, 0.1) is 0 Å². The quantitative estimate of drug-likeness (QED) is 0.537. The van der Waals surface area contributed by atoms with Crippen LogP contribution in [0.5, 0.6) is 0 Å². The first-order chi connectivity index (χ1) is 9.08. The van der Waals surface area contributed by atoms with Crippen molar-refractivity contribution in [2.75, 3.05) is 0 Å². The molecular weight excluding hydrogens is 303 g/mol. The van der Waals surface area contributed by atoms with Crippen molar-refractivity contribution in [3.05, 3.63) is 74.7 Å². The number of benzene rings is 2. The number of hydrogen-bond acceptors (Lipinski definition) is 1. The third-order valence-corrected chi connectivity index (χ3v) is 3.58. The summed E-state index contributed by atoms with van der Waals surface area (Å²) in [6.45, 7) is 0. The van der Waals surface area contributed by atoms with E-state index >= 15 is 0 Å². The Balaban J connectivity index is 2.21. The Labute approximate surface area is 126 Å². The van der Waals surface area contributed by atoms with Crippen molar-refractivity contribution in [1.29, 1.82) is 0 Å². The summed E-state index contributed by atoms with van der Waals surface area (Å²) in [5.41, 5.74) is 1.27. The molecule has 0 unspecified atom stereocenters. The van der Waals surface area contributed by atoms with E-state index in [0.29, 0.717) is 20.6 Å². The molecule has 19 heavy (non-hydrogen) atoms. The molecule has 0 spiro atoms. The topological polar surface area (TPSA) is 17.1 Å². The average molecular weight is 312 g/mol. The van der Waals surface area contributed by atoms with Crippen molar-refractivity contribution >= 4 is 46.7 Å². The zero-order valence-corrected chi connectivity index (χ0v) is 12.0. The summed E-state index contributed by atoms with van der Waals surface area (Å²) >= 11 is 17.7. The van der Waals surface area contributed by atoms with Gasteiger partial charge in [0.05, 0.1) is 15.1 Å². The number of rotatable bonds is 3. The molecule has 0 aliphatic carbocycles. The molecular formula is C15H9Cl3O. The SMILES string of the molecule is O=C(/C=C\c1ccc(Cl)c(Cl)c1)c1ccccc1Cl. The van der Waals surface area contributed by atoms with Gasteiger partial charge < -0.3 is 0 Å². The second kappa shape index (κ2) is 6.25. The highest BCUT2D eigenvalue weighted by atomic mass is 35.5. The molecule has 96 valence electrons. The molecule has 0 aliphatic rings. The fraction of sp³-hybridized carbons (Fsp3) is 0.